The minimum absolute atomic E-state index is 0.0698. The predicted molar refractivity (Wildman–Crippen MR) is 142 cm³/mol. The first kappa shape index (κ1) is 26.3. The molecular formula is C30H31FO4S. The van der Waals surface area contributed by atoms with Gasteiger partial charge in [-0.25, -0.2) is 4.39 Å². The van der Waals surface area contributed by atoms with E-state index in [1.165, 1.54) is 6.07 Å². The highest BCUT2D eigenvalue weighted by Gasteiger charge is 2.49. The molecule has 1 fully saturated rings. The summed E-state index contributed by atoms with van der Waals surface area (Å²) in [6.45, 7) is 0.823. The van der Waals surface area contributed by atoms with Crippen LogP contribution in [0.1, 0.15) is 40.7 Å². The van der Waals surface area contributed by atoms with Crippen LogP contribution in [-0.2, 0) is 21.5 Å². The van der Waals surface area contributed by atoms with Crippen molar-refractivity contribution in [1.82, 2.24) is 0 Å². The molecule has 0 spiro atoms. The van der Waals surface area contributed by atoms with Gasteiger partial charge in [-0.1, -0.05) is 91.1 Å². The number of aliphatic hydroxyl groups excluding tert-OH is 1. The summed E-state index contributed by atoms with van der Waals surface area (Å²) in [6.07, 6.45) is 0.420. The molecule has 3 aromatic carbocycles. The molecule has 1 heterocycles. The minimum Gasteiger partial charge on any atom is -0.396 e. The molecule has 4 rings (SSSR count). The minimum atomic E-state index is -0.812. The molecule has 1 N–H and O–H groups in total. The fourth-order valence-corrected chi connectivity index (χ4v) is 5.60. The number of hydrogen-bond donors (Lipinski definition) is 1. The molecule has 3 atom stereocenters. The van der Waals surface area contributed by atoms with E-state index in [1.807, 2.05) is 48.5 Å². The van der Waals surface area contributed by atoms with Crippen molar-refractivity contribution in [3.05, 3.63) is 107 Å². The molecule has 1 aliphatic rings. The zero-order valence-electron chi connectivity index (χ0n) is 20.1. The highest BCUT2D eigenvalue weighted by molar-refractivity contribution is 7.80. The number of rotatable bonds is 11. The van der Waals surface area contributed by atoms with E-state index in [9.17, 15) is 9.90 Å². The van der Waals surface area contributed by atoms with Crippen LogP contribution in [0.3, 0.4) is 0 Å². The molecule has 1 saturated heterocycles. The summed E-state index contributed by atoms with van der Waals surface area (Å²) in [5.74, 6) is -0.873. The maximum atomic E-state index is 15.2. The van der Waals surface area contributed by atoms with Crippen LogP contribution in [0.25, 0.3) is 0 Å². The Kier molecular flexibility index (Phi) is 9.10. The van der Waals surface area contributed by atoms with E-state index in [-0.39, 0.29) is 31.2 Å². The van der Waals surface area contributed by atoms with Crippen molar-refractivity contribution in [2.24, 2.45) is 5.92 Å². The number of halogens is 1. The van der Waals surface area contributed by atoms with Gasteiger partial charge in [0.2, 0.25) is 0 Å². The summed E-state index contributed by atoms with van der Waals surface area (Å²) in [5.41, 5.74) is 1.31. The quantitative estimate of drug-likeness (QED) is 0.267. The smallest absolute Gasteiger partial charge is 0.167 e. The standard InChI is InChI=1S/C30H31FO4S/c31-27-14-8-7-13-25(27)30(18-24(36)17-28(33)23-11-5-2-6-12-23)15-16-35-29(26(30)19-32)21-34-20-22-9-3-1-4-10-22/h1-14,26,29,32H,15-21H2/t26-,29-,30-/m1/s1. The molecule has 188 valence electrons. The van der Waals surface area contributed by atoms with Crippen LogP contribution in [0.2, 0.25) is 0 Å². The lowest BCUT2D eigenvalue weighted by Crippen LogP contribution is -2.52. The van der Waals surface area contributed by atoms with Crippen molar-refractivity contribution in [2.45, 2.75) is 37.4 Å². The van der Waals surface area contributed by atoms with Crippen LogP contribution in [0.5, 0.6) is 0 Å². The molecule has 0 amide bonds. The van der Waals surface area contributed by atoms with Gasteiger partial charge in [-0.3, -0.25) is 4.79 Å². The lowest BCUT2D eigenvalue weighted by molar-refractivity contribution is -0.120. The molecule has 36 heavy (non-hydrogen) atoms. The zero-order valence-corrected chi connectivity index (χ0v) is 21.0. The normalized spacial score (nSPS) is 21.7. The third-order valence-electron chi connectivity index (χ3n) is 7.01. The molecule has 0 bridgehead atoms. The lowest BCUT2D eigenvalue weighted by Gasteiger charge is -2.48. The van der Waals surface area contributed by atoms with Gasteiger partial charge in [0, 0.05) is 41.4 Å². The molecule has 1 aliphatic heterocycles. The monoisotopic (exact) mass is 506 g/mol. The predicted octanol–water partition coefficient (Wildman–Crippen LogP) is 5.71. The van der Waals surface area contributed by atoms with Crippen LogP contribution in [-0.4, -0.2) is 41.7 Å². The fraction of sp³-hybridized carbons (Fsp3) is 0.333. The van der Waals surface area contributed by atoms with Crippen molar-refractivity contribution < 1.29 is 23.8 Å². The van der Waals surface area contributed by atoms with Gasteiger partial charge in [-0.05, 0) is 30.0 Å². The molecule has 0 aliphatic carbocycles. The molecule has 3 aromatic rings. The molecule has 0 saturated carbocycles. The summed E-state index contributed by atoms with van der Waals surface area (Å²) >= 11 is 5.72. The molecule has 0 unspecified atom stereocenters. The second-order valence-corrected chi connectivity index (χ2v) is 9.84. The van der Waals surface area contributed by atoms with Crippen molar-refractivity contribution in [1.29, 1.82) is 0 Å². The van der Waals surface area contributed by atoms with Gasteiger partial charge in [0.25, 0.3) is 0 Å². The summed E-state index contributed by atoms with van der Waals surface area (Å²) in [5, 5.41) is 10.6. The van der Waals surface area contributed by atoms with Gasteiger partial charge >= 0.3 is 0 Å². The Morgan fingerprint density at radius 1 is 1.03 bits per heavy atom. The van der Waals surface area contributed by atoms with E-state index in [0.717, 1.165) is 5.56 Å². The van der Waals surface area contributed by atoms with Crippen LogP contribution in [0.4, 0.5) is 4.39 Å². The van der Waals surface area contributed by atoms with E-state index in [1.54, 1.807) is 30.3 Å². The number of hydrogen-bond acceptors (Lipinski definition) is 5. The first-order chi connectivity index (χ1) is 17.5. The van der Waals surface area contributed by atoms with Crippen molar-refractivity contribution in [3.63, 3.8) is 0 Å². The van der Waals surface area contributed by atoms with E-state index in [0.29, 0.717) is 42.0 Å². The molecule has 6 heteroatoms. The third-order valence-corrected chi connectivity index (χ3v) is 7.29. The SMILES string of the molecule is O=C(CC(=S)C[C@@]1(c2ccccc2F)CCO[C@H](COCc2ccccc2)[C@H]1CO)c1ccccc1. The van der Waals surface area contributed by atoms with Crippen molar-refractivity contribution in [2.75, 3.05) is 19.8 Å². The molecule has 0 radical (unpaired) electrons. The Labute approximate surface area is 217 Å². The van der Waals surface area contributed by atoms with Gasteiger partial charge in [-0.2, -0.15) is 0 Å². The number of ether oxygens (including phenoxy) is 2. The van der Waals surface area contributed by atoms with Crippen LogP contribution in [0.15, 0.2) is 84.9 Å². The van der Waals surface area contributed by atoms with Gasteiger partial charge < -0.3 is 14.6 Å². The van der Waals surface area contributed by atoms with Gasteiger partial charge in [-0.15, -0.1) is 0 Å². The molecule has 4 nitrogen and oxygen atoms in total. The van der Waals surface area contributed by atoms with Crippen LogP contribution >= 0.6 is 12.2 Å². The van der Waals surface area contributed by atoms with E-state index < -0.39 is 17.4 Å². The Hall–Kier alpha value is -2.77. The van der Waals surface area contributed by atoms with E-state index in [4.69, 9.17) is 21.7 Å². The largest absolute Gasteiger partial charge is 0.396 e. The molecular weight excluding hydrogens is 475 g/mol. The maximum absolute atomic E-state index is 15.2. The Bertz CT molecular complexity index is 1150. The second kappa shape index (κ2) is 12.5. The fourth-order valence-electron chi connectivity index (χ4n) is 5.21. The van der Waals surface area contributed by atoms with Gasteiger partial charge in [0.05, 0.1) is 19.3 Å². The van der Waals surface area contributed by atoms with Gasteiger partial charge in [0.1, 0.15) is 5.82 Å². The Balaban J connectivity index is 1.57. The van der Waals surface area contributed by atoms with E-state index >= 15 is 4.39 Å². The van der Waals surface area contributed by atoms with Crippen LogP contribution in [0, 0.1) is 11.7 Å². The highest BCUT2D eigenvalue weighted by Crippen LogP contribution is 2.46. The van der Waals surface area contributed by atoms with Crippen molar-refractivity contribution >= 4 is 22.9 Å². The van der Waals surface area contributed by atoms with Gasteiger partial charge in [0.15, 0.2) is 5.78 Å². The highest BCUT2D eigenvalue weighted by atomic mass is 32.1. The molecule has 0 aromatic heterocycles. The Morgan fingerprint density at radius 2 is 1.69 bits per heavy atom. The summed E-state index contributed by atoms with van der Waals surface area (Å²) in [7, 11) is 0. The zero-order chi connectivity index (χ0) is 25.4. The van der Waals surface area contributed by atoms with Crippen molar-refractivity contribution in [3.8, 4) is 0 Å². The number of ketones is 1. The number of benzene rings is 3. The number of carbonyl (C=O) groups is 1. The Morgan fingerprint density at radius 3 is 2.39 bits per heavy atom. The third kappa shape index (κ3) is 6.13. The first-order valence-corrected chi connectivity index (χ1v) is 12.6. The van der Waals surface area contributed by atoms with Crippen LogP contribution < -0.4 is 0 Å². The summed E-state index contributed by atoms with van der Waals surface area (Å²) in [6, 6.07) is 25.5. The average Bonchev–Trinajstić information content (AvgIpc) is 2.90. The number of carbonyl (C=O) groups excluding carboxylic acids is 1. The van der Waals surface area contributed by atoms with E-state index in [2.05, 4.69) is 0 Å². The number of Topliss-reactive ketones (excluding diaryl/α,β-unsaturated/α-hetero) is 1. The lowest BCUT2D eigenvalue weighted by atomic mass is 9.62. The number of thiocarbonyl (C=S) groups is 1. The summed E-state index contributed by atoms with van der Waals surface area (Å²) < 4.78 is 27.3. The first-order valence-electron chi connectivity index (χ1n) is 12.2. The summed E-state index contributed by atoms with van der Waals surface area (Å²) in [4.78, 5) is 13.4. The maximum Gasteiger partial charge on any atom is 0.167 e. The number of aliphatic hydroxyl groups is 1. The topological polar surface area (TPSA) is 55.8 Å². The second-order valence-electron chi connectivity index (χ2n) is 9.27. The average molecular weight is 507 g/mol.